The van der Waals surface area contributed by atoms with Crippen molar-refractivity contribution in [3.8, 4) is 0 Å². The molecule has 0 fully saturated rings. The smallest absolute Gasteiger partial charge is 0.0529 e. The Bertz CT molecular complexity index is 426. The highest BCUT2D eigenvalue weighted by molar-refractivity contribution is 5.44. The van der Waals surface area contributed by atoms with Crippen LogP contribution in [0.3, 0.4) is 0 Å². The van der Waals surface area contributed by atoms with E-state index < -0.39 is 0 Å². The summed E-state index contributed by atoms with van der Waals surface area (Å²) >= 11 is 0. The molecule has 0 spiro atoms. The van der Waals surface area contributed by atoms with Gasteiger partial charge in [0.15, 0.2) is 0 Å². The van der Waals surface area contributed by atoms with Crippen molar-refractivity contribution in [2.24, 2.45) is 0 Å². The zero-order valence-electron chi connectivity index (χ0n) is 8.35. The van der Waals surface area contributed by atoms with E-state index in [9.17, 15) is 0 Å². The Kier molecular flexibility index (Phi) is 2.83. The first-order valence-corrected chi connectivity index (χ1v) is 4.83. The maximum Gasteiger partial charge on any atom is 0.0529 e. The quantitative estimate of drug-likeness (QED) is 0.745. The third kappa shape index (κ3) is 2.71. The monoisotopic (exact) mass is 199 g/mol. The molecule has 15 heavy (non-hydrogen) atoms. The molecular formula is C12H13N3. The number of benzene rings is 1. The molecule has 0 radical (unpaired) electrons. The summed E-state index contributed by atoms with van der Waals surface area (Å²) in [5.41, 5.74) is 8.66. The van der Waals surface area contributed by atoms with Crippen molar-refractivity contribution in [1.82, 2.24) is 4.98 Å². The molecule has 76 valence electrons. The van der Waals surface area contributed by atoms with Crippen LogP contribution in [0.2, 0.25) is 0 Å². The van der Waals surface area contributed by atoms with Crippen molar-refractivity contribution in [3.05, 3.63) is 54.4 Å². The van der Waals surface area contributed by atoms with Crippen molar-refractivity contribution in [2.45, 2.75) is 6.54 Å². The summed E-state index contributed by atoms with van der Waals surface area (Å²) in [7, 11) is 0. The van der Waals surface area contributed by atoms with Crippen LogP contribution < -0.4 is 11.1 Å². The van der Waals surface area contributed by atoms with Crippen LogP contribution in [0.4, 0.5) is 11.4 Å². The average molecular weight is 199 g/mol. The summed E-state index contributed by atoms with van der Waals surface area (Å²) in [5, 5.41) is 3.27. The van der Waals surface area contributed by atoms with Crippen LogP contribution in [0.15, 0.2) is 48.8 Å². The number of aromatic nitrogens is 1. The minimum atomic E-state index is 0.761. The van der Waals surface area contributed by atoms with Crippen LogP contribution in [-0.4, -0.2) is 4.98 Å². The highest BCUT2D eigenvalue weighted by Crippen LogP contribution is 2.09. The Hall–Kier alpha value is -2.03. The molecule has 3 N–H and O–H groups in total. The molecule has 0 aliphatic carbocycles. The topological polar surface area (TPSA) is 50.9 Å². The summed E-state index contributed by atoms with van der Waals surface area (Å²) in [6.07, 6.45) is 3.55. The zero-order valence-corrected chi connectivity index (χ0v) is 8.35. The fourth-order valence-electron chi connectivity index (χ4n) is 1.37. The number of anilines is 2. The van der Waals surface area contributed by atoms with Gasteiger partial charge in [0.1, 0.15) is 0 Å². The number of hydrogen-bond donors (Lipinski definition) is 2. The van der Waals surface area contributed by atoms with Crippen molar-refractivity contribution in [1.29, 1.82) is 0 Å². The van der Waals surface area contributed by atoms with E-state index in [0.717, 1.165) is 17.9 Å². The average Bonchev–Trinajstić information content (AvgIpc) is 2.28. The molecule has 0 aliphatic rings. The number of nitrogens with one attached hydrogen (secondary N) is 1. The highest BCUT2D eigenvalue weighted by atomic mass is 14.9. The predicted molar refractivity (Wildman–Crippen MR) is 62.4 cm³/mol. The first-order valence-electron chi connectivity index (χ1n) is 4.83. The lowest BCUT2D eigenvalue weighted by Crippen LogP contribution is -2.00. The maximum absolute atomic E-state index is 5.69. The second kappa shape index (κ2) is 4.46. The molecule has 1 aromatic heterocycles. The fraction of sp³-hybridized carbons (Fsp3) is 0.0833. The molecule has 2 aromatic rings. The first-order chi connectivity index (χ1) is 7.34. The van der Waals surface area contributed by atoms with Gasteiger partial charge >= 0.3 is 0 Å². The molecule has 3 nitrogen and oxygen atoms in total. The van der Waals surface area contributed by atoms with Crippen LogP contribution in [0.5, 0.6) is 0 Å². The number of nitrogen functional groups attached to an aromatic ring is 1. The molecule has 1 heterocycles. The van der Waals surface area contributed by atoms with Gasteiger partial charge in [0.05, 0.1) is 5.69 Å². The Morgan fingerprint density at radius 2 is 2.13 bits per heavy atom. The van der Waals surface area contributed by atoms with Gasteiger partial charge in [0, 0.05) is 24.6 Å². The van der Waals surface area contributed by atoms with E-state index >= 15 is 0 Å². The molecule has 0 aliphatic heterocycles. The Labute approximate surface area is 89.0 Å². The molecular weight excluding hydrogens is 186 g/mol. The molecule has 0 saturated heterocycles. The first kappa shape index (κ1) is 9.52. The van der Waals surface area contributed by atoms with Gasteiger partial charge in [-0.05, 0) is 29.8 Å². The van der Waals surface area contributed by atoms with Gasteiger partial charge in [-0.3, -0.25) is 4.98 Å². The van der Waals surface area contributed by atoms with Crippen LogP contribution in [0.1, 0.15) is 5.56 Å². The van der Waals surface area contributed by atoms with Gasteiger partial charge in [-0.1, -0.05) is 12.1 Å². The summed E-state index contributed by atoms with van der Waals surface area (Å²) in [6.45, 7) is 0.761. The lowest BCUT2D eigenvalue weighted by molar-refractivity contribution is 1.14. The molecule has 0 unspecified atom stereocenters. The van der Waals surface area contributed by atoms with E-state index in [2.05, 4.69) is 10.3 Å². The van der Waals surface area contributed by atoms with Crippen LogP contribution >= 0.6 is 0 Å². The molecule has 3 heteroatoms. The van der Waals surface area contributed by atoms with Crippen molar-refractivity contribution in [2.75, 3.05) is 11.1 Å². The third-order valence-corrected chi connectivity index (χ3v) is 2.11. The second-order valence-corrected chi connectivity index (χ2v) is 3.34. The molecule has 2 rings (SSSR count). The van der Waals surface area contributed by atoms with E-state index in [-0.39, 0.29) is 0 Å². The molecule has 0 bridgehead atoms. The minimum Gasteiger partial charge on any atom is -0.399 e. The van der Waals surface area contributed by atoms with E-state index in [4.69, 9.17) is 5.73 Å². The Balaban J connectivity index is 1.99. The molecule has 0 atom stereocenters. The molecule has 0 saturated carbocycles. The van der Waals surface area contributed by atoms with Gasteiger partial charge in [-0.15, -0.1) is 0 Å². The number of hydrogen-bond acceptors (Lipinski definition) is 3. The second-order valence-electron chi connectivity index (χ2n) is 3.34. The summed E-state index contributed by atoms with van der Waals surface area (Å²) in [4.78, 5) is 4.03. The van der Waals surface area contributed by atoms with E-state index in [0.29, 0.717) is 0 Å². The van der Waals surface area contributed by atoms with E-state index in [1.165, 1.54) is 5.56 Å². The number of pyridine rings is 1. The van der Waals surface area contributed by atoms with E-state index in [1.54, 1.807) is 12.4 Å². The van der Waals surface area contributed by atoms with Crippen LogP contribution in [0.25, 0.3) is 0 Å². The minimum absolute atomic E-state index is 0.761. The van der Waals surface area contributed by atoms with Gasteiger partial charge in [0.25, 0.3) is 0 Å². The number of nitrogens with two attached hydrogens (primary N) is 1. The Morgan fingerprint density at radius 1 is 1.20 bits per heavy atom. The van der Waals surface area contributed by atoms with Gasteiger partial charge in [0.2, 0.25) is 0 Å². The molecule has 0 amide bonds. The maximum atomic E-state index is 5.69. The molecule has 1 aromatic carbocycles. The lowest BCUT2D eigenvalue weighted by Gasteiger charge is -2.06. The summed E-state index contributed by atoms with van der Waals surface area (Å²) in [6, 6.07) is 11.7. The number of nitrogens with zero attached hydrogens (tertiary/aromatic N) is 1. The Morgan fingerprint density at radius 3 is 2.87 bits per heavy atom. The van der Waals surface area contributed by atoms with Gasteiger partial charge in [-0.2, -0.15) is 0 Å². The number of rotatable bonds is 3. The van der Waals surface area contributed by atoms with Gasteiger partial charge < -0.3 is 11.1 Å². The lowest BCUT2D eigenvalue weighted by atomic mass is 10.2. The van der Waals surface area contributed by atoms with Crippen LogP contribution in [-0.2, 0) is 6.54 Å². The summed E-state index contributed by atoms with van der Waals surface area (Å²) < 4.78 is 0. The standard InChI is InChI=1S/C12H13N3/c13-11-4-1-3-10(7-11)8-15-12-5-2-6-14-9-12/h1-7,9,15H,8,13H2. The van der Waals surface area contributed by atoms with Gasteiger partial charge in [-0.25, -0.2) is 0 Å². The summed E-state index contributed by atoms with van der Waals surface area (Å²) in [5.74, 6) is 0. The SMILES string of the molecule is Nc1cccc(CNc2cccnc2)c1. The zero-order chi connectivity index (χ0) is 10.5. The van der Waals surface area contributed by atoms with Crippen molar-refractivity contribution in [3.63, 3.8) is 0 Å². The van der Waals surface area contributed by atoms with Crippen LogP contribution in [0, 0.1) is 0 Å². The third-order valence-electron chi connectivity index (χ3n) is 2.11. The van der Waals surface area contributed by atoms with Crippen molar-refractivity contribution >= 4 is 11.4 Å². The largest absolute Gasteiger partial charge is 0.399 e. The predicted octanol–water partition coefficient (Wildman–Crippen LogP) is 2.28. The normalized spacial score (nSPS) is 9.87. The van der Waals surface area contributed by atoms with Crippen molar-refractivity contribution < 1.29 is 0 Å². The van der Waals surface area contributed by atoms with E-state index in [1.807, 2.05) is 36.4 Å². The fourth-order valence-corrected chi connectivity index (χ4v) is 1.37. The highest BCUT2D eigenvalue weighted by Gasteiger charge is 1.93.